The van der Waals surface area contributed by atoms with Crippen LogP contribution in [0, 0.1) is 17.8 Å². The van der Waals surface area contributed by atoms with Crippen molar-refractivity contribution >= 4 is 12.1 Å². The minimum Gasteiger partial charge on any atom is -0.349 e. The first-order chi connectivity index (χ1) is 15.1. The zero-order valence-corrected chi connectivity index (χ0v) is 19.5. The summed E-state index contributed by atoms with van der Waals surface area (Å²) in [4.78, 5) is 12.8. The first-order valence-corrected chi connectivity index (χ1v) is 12.8. The Labute approximate surface area is 187 Å². The Morgan fingerprint density at radius 3 is 2.87 bits per heavy atom. The van der Waals surface area contributed by atoms with E-state index in [1.807, 2.05) is 6.92 Å². The monoisotopic (exact) mass is 433 g/mol. The highest BCUT2D eigenvalue weighted by atomic mass is 19.1. The number of fused-ring (bicyclic) bond motifs is 1. The molecule has 6 unspecified atom stereocenters. The van der Waals surface area contributed by atoms with Crippen molar-refractivity contribution in [2.45, 2.75) is 96.3 Å². The van der Waals surface area contributed by atoms with E-state index < -0.39 is 0 Å². The first-order valence-electron chi connectivity index (χ1n) is 12.8. The number of carbonyl (C=O) groups is 1. The SMILES string of the molecule is CCCCCCCNC(=O)C1NCC2CC(C3CCNC3C3CCC(F)=C(C)C3)C=[N+]21. The Morgan fingerprint density at radius 2 is 2.06 bits per heavy atom. The van der Waals surface area contributed by atoms with Gasteiger partial charge in [0.15, 0.2) is 6.04 Å². The molecule has 0 saturated carbocycles. The van der Waals surface area contributed by atoms with E-state index in [2.05, 4.69) is 33.7 Å². The van der Waals surface area contributed by atoms with Gasteiger partial charge in [0, 0.05) is 24.9 Å². The summed E-state index contributed by atoms with van der Waals surface area (Å²) < 4.78 is 16.2. The highest BCUT2D eigenvalue weighted by molar-refractivity contribution is 5.81. The molecule has 0 radical (unpaired) electrons. The molecule has 31 heavy (non-hydrogen) atoms. The van der Waals surface area contributed by atoms with Gasteiger partial charge in [0.2, 0.25) is 0 Å². The molecular weight excluding hydrogens is 391 g/mol. The van der Waals surface area contributed by atoms with Gasteiger partial charge in [0.25, 0.3) is 6.17 Å². The maximum absolute atomic E-state index is 13.9. The molecule has 2 fully saturated rings. The summed E-state index contributed by atoms with van der Waals surface area (Å²) >= 11 is 0. The minimum atomic E-state index is -0.215. The van der Waals surface area contributed by atoms with Gasteiger partial charge in [-0.3, -0.25) is 4.79 Å². The molecule has 4 aliphatic rings. The standard InChI is InChI=1S/C25H41FN4O/c1-3-4-5-6-7-11-28-25(31)24-29-15-20-14-19(16-30(20)24)21-10-12-27-23(21)18-8-9-22(26)17(2)13-18/h16,18-21,23-24,27,29H,3-15H2,1-2H3/p+1. The van der Waals surface area contributed by atoms with Gasteiger partial charge in [-0.2, -0.15) is 0 Å². The molecule has 0 aromatic rings. The topological polar surface area (TPSA) is 56.2 Å². The number of amides is 1. The van der Waals surface area contributed by atoms with Crippen LogP contribution in [-0.2, 0) is 4.79 Å². The average molecular weight is 434 g/mol. The molecule has 6 atom stereocenters. The molecule has 5 nitrogen and oxygen atoms in total. The smallest absolute Gasteiger partial charge is 0.305 e. The van der Waals surface area contributed by atoms with Crippen LogP contribution in [0.15, 0.2) is 11.4 Å². The first kappa shape index (κ1) is 22.9. The Balaban J connectivity index is 1.32. The summed E-state index contributed by atoms with van der Waals surface area (Å²) in [5.74, 6) is 1.91. The Morgan fingerprint density at radius 1 is 1.23 bits per heavy atom. The fraction of sp³-hybridized carbons (Fsp3) is 0.840. The highest BCUT2D eigenvalue weighted by Gasteiger charge is 2.50. The van der Waals surface area contributed by atoms with Crippen molar-refractivity contribution in [2.24, 2.45) is 17.8 Å². The fourth-order valence-electron chi connectivity index (χ4n) is 6.41. The van der Waals surface area contributed by atoms with Gasteiger partial charge >= 0.3 is 5.91 Å². The number of hydrogen-bond acceptors (Lipinski definition) is 3. The maximum atomic E-state index is 13.9. The minimum absolute atomic E-state index is 0.115. The van der Waals surface area contributed by atoms with Crippen molar-refractivity contribution in [1.29, 1.82) is 0 Å². The molecule has 6 heteroatoms. The summed E-state index contributed by atoms with van der Waals surface area (Å²) in [6, 6.07) is 0.907. The molecule has 1 aliphatic carbocycles. The number of carbonyl (C=O) groups excluding carboxylic acids is 1. The predicted molar refractivity (Wildman–Crippen MR) is 123 cm³/mol. The average Bonchev–Trinajstić information content (AvgIpc) is 3.47. The third kappa shape index (κ3) is 5.22. The normalized spacial score (nSPS) is 35.4. The lowest BCUT2D eigenvalue weighted by Gasteiger charge is -2.33. The molecular formula is C25H42FN4O+. The number of allylic oxidation sites excluding steroid dienone is 2. The molecule has 3 N–H and O–H groups in total. The number of unbranched alkanes of at least 4 members (excludes halogenated alkanes) is 4. The van der Waals surface area contributed by atoms with E-state index in [9.17, 15) is 9.18 Å². The Hall–Kier alpha value is -1.27. The quantitative estimate of drug-likeness (QED) is 0.385. The Bertz CT molecular complexity index is 706. The lowest BCUT2D eigenvalue weighted by Crippen LogP contribution is -2.46. The molecule has 0 aromatic heterocycles. The molecule has 0 bridgehead atoms. The van der Waals surface area contributed by atoms with Gasteiger partial charge in [-0.25, -0.2) is 14.3 Å². The number of halogens is 1. The highest BCUT2D eigenvalue weighted by Crippen LogP contribution is 2.40. The Kier molecular flexibility index (Phi) is 7.81. The third-order valence-electron chi connectivity index (χ3n) is 8.15. The van der Waals surface area contributed by atoms with Gasteiger partial charge in [0.1, 0.15) is 6.21 Å². The van der Waals surface area contributed by atoms with Crippen LogP contribution >= 0.6 is 0 Å². The second kappa shape index (κ2) is 10.6. The molecule has 4 rings (SSSR count). The van der Waals surface area contributed by atoms with Crippen molar-refractivity contribution in [3.8, 4) is 0 Å². The number of nitrogens with one attached hydrogen (secondary N) is 3. The second-order valence-corrected chi connectivity index (χ2v) is 10.3. The van der Waals surface area contributed by atoms with E-state index in [4.69, 9.17) is 0 Å². The van der Waals surface area contributed by atoms with Crippen molar-refractivity contribution in [3.05, 3.63) is 11.4 Å². The van der Waals surface area contributed by atoms with Crippen molar-refractivity contribution in [2.75, 3.05) is 19.6 Å². The van der Waals surface area contributed by atoms with Gasteiger partial charge in [-0.05, 0) is 63.0 Å². The van der Waals surface area contributed by atoms with Crippen molar-refractivity contribution in [3.63, 3.8) is 0 Å². The van der Waals surface area contributed by atoms with Gasteiger partial charge in [-0.15, -0.1) is 0 Å². The zero-order valence-electron chi connectivity index (χ0n) is 19.5. The lowest BCUT2D eigenvalue weighted by molar-refractivity contribution is -0.555. The maximum Gasteiger partial charge on any atom is 0.305 e. The van der Waals surface area contributed by atoms with Crippen molar-refractivity contribution in [1.82, 2.24) is 16.0 Å². The zero-order chi connectivity index (χ0) is 21.8. The van der Waals surface area contributed by atoms with E-state index in [1.165, 1.54) is 32.1 Å². The fourth-order valence-corrected chi connectivity index (χ4v) is 6.41. The van der Waals surface area contributed by atoms with Crippen LogP contribution in [0.2, 0.25) is 0 Å². The van der Waals surface area contributed by atoms with Gasteiger partial charge in [-0.1, -0.05) is 32.6 Å². The van der Waals surface area contributed by atoms with Crippen LogP contribution < -0.4 is 16.0 Å². The number of hydrogen-bond donors (Lipinski definition) is 3. The van der Waals surface area contributed by atoms with Crippen LogP contribution in [0.25, 0.3) is 0 Å². The van der Waals surface area contributed by atoms with E-state index in [1.54, 1.807) is 0 Å². The summed E-state index contributed by atoms with van der Waals surface area (Å²) in [7, 11) is 0. The predicted octanol–water partition coefficient (Wildman–Crippen LogP) is 3.50. The molecule has 1 amide bonds. The van der Waals surface area contributed by atoms with E-state index in [-0.39, 0.29) is 17.9 Å². The summed E-state index contributed by atoms with van der Waals surface area (Å²) in [6.07, 6.45) is 13.0. The van der Waals surface area contributed by atoms with E-state index in [0.29, 0.717) is 36.3 Å². The summed E-state index contributed by atoms with van der Waals surface area (Å²) in [6.45, 7) is 6.92. The third-order valence-corrected chi connectivity index (χ3v) is 8.15. The molecule has 3 heterocycles. The molecule has 0 spiro atoms. The molecule has 3 aliphatic heterocycles. The summed E-state index contributed by atoms with van der Waals surface area (Å²) in [5, 5.41) is 10.3. The van der Waals surface area contributed by atoms with Crippen LogP contribution in [-0.4, -0.2) is 54.6 Å². The lowest BCUT2D eigenvalue weighted by atomic mass is 9.74. The van der Waals surface area contributed by atoms with E-state index in [0.717, 1.165) is 50.9 Å². The van der Waals surface area contributed by atoms with E-state index >= 15 is 0 Å². The number of nitrogens with zero attached hydrogens (tertiary/aromatic N) is 1. The van der Waals surface area contributed by atoms with Crippen LogP contribution in [0.4, 0.5) is 4.39 Å². The van der Waals surface area contributed by atoms with Gasteiger partial charge < -0.3 is 10.6 Å². The summed E-state index contributed by atoms with van der Waals surface area (Å²) in [5.41, 5.74) is 0.954. The second-order valence-electron chi connectivity index (χ2n) is 10.3. The molecule has 0 aromatic carbocycles. The van der Waals surface area contributed by atoms with Crippen LogP contribution in [0.3, 0.4) is 0 Å². The largest absolute Gasteiger partial charge is 0.349 e. The van der Waals surface area contributed by atoms with Crippen molar-refractivity contribution < 1.29 is 13.8 Å². The van der Waals surface area contributed by atoms with Crippen LogP contribution in [0.1, 0.15) is 78.1 Å². The number of rotatable bonds is 9. The van der Waals surface area contributed by atoms with Gasteiger partial charge in [0.05, 0.1) is 12.4 Å². The molecule has 2 saturated heterocycles. The van der Waals surface area contributed by atoms with Crippen LogP contribution in [0.5, 0.6) is 0 Å². The molecule has 174 valence electrons.